The van der Waals surface area contributed by atoms with Crippen molar-refractivity contribution < 1.29 is 47.8 Å². The van der Waals surface area contributed by atoms with Gasteiger partial charge in [0.15, 0.2) is 11.6 Å². The first-order chi connectivity index (χ1) is 24.0. The molecule has 3 N–H and O–H groups in total. The van der Waals surface area contributed by atoms with Crippen LogP contribution in [0.5, 0.6) is 5.75 Å². The van der Waals surface area contributed by atoms with Gasteiger partial charge in [0.1, 0.15) is 22.3 Å². The molecule has 2 heterocycles. The normalized spacial score (nSPS) is 19.5. The third-order valence-electron chi connectivity index (χ3n) is 9.62. The Balaban J connectivity index is 1.40. The van der Waals surface area contributed by atoms with Crippen LogP contribution in [0.25, 0.3) is 10.9 Å². The summed E-state index contributed by atoms with van der Waals surface area (Å²) in [6.07, 6.45) is 8.28. The number of carboxylic acids is 1. The molecule has 3 aliphatic rings. The summed E-state index contributed by atoms with van der Waals surface area (Å²) in [5.74, 6) is -2.35. The number of aromatic nitrogens is 1. The van der Waals surface area contributed by atoms with E-state index in [4.69, 9.17) is 9.47 Å². The lowest BCUT2D eigenvalue weighted by atomic mass is 9.77. The van der Waals surface area contributed by atoms with Crippen molar-refractivity contribution in [2.45, 2.75) is 78.3 Å². The number of allylic oxidation sites excluding steroid dienone is 3. The molecule has 2 aromatic rings. The molecule has 1 aliphatic heterocycles. The van der Waals surface area contributed by atoms with Gasteiger partial charge in [0.05, 0.1) is 32.4 Å². The predicted octanol–water partition coefficient (Wildman–Crippen LogP) is 4.73. The zero-order chi connectivity index (χ0) is 37.4. The minimum Gasteiger partial charge on any atom is -0.630 e. The molecular formula is C35H46FN3O10P2. The van der Waals surface area contributed by atoms with Gasteiger partial charge < -0.3 is 43.6 Å². The number of pyridine rings is 1. The average Bonchev–Trinajstić information content (AvgIpc) is 3.89. The van der Waals surface area contributed by atoms with Gasteiger partial charge in [-0.25, -0.2) is 9.18 Å². The molecule has 2 aliphatic carbocycles. The van der Waals surface area contributed by atoms with E-state index in [0.717, 1.165) is 31.7 Å². The number of nitrogens with zero attached hydrogens (tertiary/aromatic N) is 3. The number of rotatable bonds is 13. The van der Waals surface area contributed by atoms with Crippen molar-refractivity contribution in [1.29, 1.82) is 0 Å². The number of hydrogen-bond donors (Lipinski definition) is 3. The Morgan fingerprint density at radius 2 is 1.92 bits per heavy atom. The fourth-order valence-electron chi connectivity index (χ4n) is 6.86. The highest BCUT2D eigenvalue weighted by atomic mass is 31.2. The smallest absolute Gasteiger partial charge is 0.369 e. The van der Waals surface area contributed by atoms with E-state index in [1.807, 2.05) is 27.7 Å². The zero-order valence-corrected chi connectivity index (χ0v) is 31.3. The number of halogens is 1. The van der Waals surface area contributed by atoms with Crippen LogP contribution in [0.3, 0.4) is 0 Å². The van der Waals surface area contributed by atoms with E-state index in [0.29, 0.717) is 28.7 Å². The van der Waals surface area contributed by atoms with E-state index >= 15 is 4.39 Å². The molecule has 278 valence electrons. The number of carboxylic acid groups (broad SMARTS) is 1. The monoisotopic (exact) mass is 749 g/mol. The van der Waals surface area contributed by atoms with Crippen LogP contribution in [0, 0.1) is 11.2 Å². The third kappa shape index (κ3) is 8.42. The van der Waals surface area contributed by atoms with Crippen LogP contribution in [0.15, 0.2) is 40.5 Å². The van der Waals surface area contributed by atoms with Crippen molar-refractivity contribution in [3.8, 4) is 5.75 Å². The Kier molecular flexibility index (Phi) is 11.5. The minimum absolute atomic E-state index is 0.0396. The van der Waals surface area contributed by atoms with Gasteiger partial charge in [-0.2, -0.15) is 0 Å². The molecule has 2 unspecified atom stereocenters. The molecule has 0 bridgehead atoms. The van der Waals surface area contributed by atoms with Gasteiger partial charge in [0, 0.05) is 61.7 Å². The highest BCUT2D eigenvalue weighted by Crippen LogP contribution is 2.46. The van der Waals surface area contributed by atoms with Gasteiger partial charge in [0.2, 0.25) is 17.2 Å². The lowest BCUT2D eigenvalue weighted by Crippen LogP contribution is -2.55. The highest BCUT2D eigenvalue weighted by molar-refractivity contribution is 7.69. The summed E-state index contributed by atoms with van der Waals surface area (Å²) in [5.41, 5.74) is -0.932. The van der Waals surface area contributed by atoms with E-state index < -0.39 is 49.5 Å². The summed E-state index contributed by atoms with van der Waals surface area (Å²) in [6.45, 7) is 8.84. The summed E-state index contributed by atoms with van der Waals surface area (Å²) < 4.78 is 41.1. The molecule has 13 nitrogen and oxygen atoms in total. The summed E-state index contributed by atoms with van der Waals surface area (Å²) in [4.78, 5) is 74.2. The Labute approximate surface area is 297 Å². The molecule has 51 heavy (non-hydrogen) atoms. The third-order valence-corrected chi connectivity index (χ3v) is 13.1. The van der Waals surface area contributed by atoms with Gasteiger partial charge in [-0.15, -0.1) is 0 Å². The SMILES string of the molecule is CCCCOC1=CCC(=[P+]([O-])CP(=O)(O)O)C=C1C(C)(C)CC(=O)N1CCN(c2c(F)cc3c(=O)c(C(=O)O)cn(C4CC4)c3c2OC)CC1C. The topological polar surface area (TPSA) is 182 Å². The molecule has 2 fully saturated rings. The van der Waals surface area contributed by atoms with Crippen molar-refractivity contribution in [3.63, 3.8) is 0 Å². The summed E-state index contributed by atoms with van der Waals surface area (Å²) in [7, 11) is -5.48. The molecule has 1 aromatic carbocycles. The molecule has 1 aromatic heterocycles. The predicted molar refractivity (Wildman–Crippen MR) is 192 cm³/mol. The van der Waals surface area contributed by atoms with Crippen molar-refractivity contribution in [3.05, 3.63) is 57.4 Å². The average molecular weight is 750 g/mol. The van der Waals surface area contributed by atoms with Gasteiger partial charge in [-0.3, -0.25) is 14.2 Å². The number of methoxy groups -OCH3 is 1. The molecule has 2 atom stereocenters. The maximum absolute atomic E-state index is 16.0. The number of amides is 1. The van der Waals surface area contributed by atoms with E-state index in [2.05, 4.69) is 0 Å². The number of carbonyl (C=O) groups excluding carboxylic acids is 1. The van der Waals surface area contributed by atoms with Crippen LogP contribution >= 0.6 is 15.4 Å². The first-order valence-electron chi connectivity index (χ1n) is 17.1. The Hall–Kier alpha value is -3.54. The van der Waals surface area contributed by atoms with Crippen molar-refractivity contribution in [1.82, 2.24) is 9.47 Å². The van der Waals surface area contributed by atoms with Gasteiger partial charge in [0.25, 0.3) is 0 Å². The molecule has 1 saturated heterocycles. The number of fused-ring (bicyclic) bond motifs is 1. The number of aromatic carboxylic acids is 1. The minimum atomic E-state index is -4.51. The van der Waals surface area contributed by atoms with Crippen molar-refractivity contribution in [2.24, 2.45) is 5.41 Å². The van der Waals surface area contributed by atoms with Crippen LogP contribution in [0.4, 0.5) is 10.1 Å². The van der Waals surface area contributed by atoms with E-state index in [-0.39, 0.29) is 67.3 Å². The first kappa shape index (κ1) is 38.7. The first-order valence-corrected chi connectivity index (χ1v) is 20.3. The summed E-state index contributed by atoms with van der Waals surface area (Å²) in [5, 5.41) is 9.96. The van der Waals surface area contributed by atoms with Crippen molar-refractivity contribution >= 4 is 49.1 Å². The molecule has 0 radical (unpaired) electrons. The lowest BCUT2D eigenvalue weighted by molar-refractivity contribution is -0.152. The second-order valence-electron chi connectivity index (χ2n) is 14.1. The number of unbranched alkanes of at least 4 members (excludes halogenated alkanes) is 1. The summed E-state index contributed by atoms with van der Waals surface area (Å²) >= 11 is 0. The Bertz CT molecular complexity index is 1930. The maximum Gasteiger partial charge on any atom is 0.369 e. The highest BCUT2D eigenvalue weighted by Gasteiger charge is 2.38. The molecule has 5 rings (SSSR count). The number of anilines is 1. The van der Waals surface area contributed by atoms with Gasteiger partial charge in [-0.1, -0.05) is 27.2 Å². The molecule has 1 saturated carbocycles. The fraction of sp³-hybridized carbons (Fsp3) is 0.543. The largest absolute Gasteiger partial charge is 0.630 e. The second kappa shape index (κ2) is 15.2. The van der Waals surface area contributed by atoms with E-state index in [1.165, 1.54) is 13.3 Å². The van der Waals surface area contributed by atoms with Crippen LogP contribution in [-0.4, -0.2) is 86.8 Å². The second-order valence-corrected chi connectivity index (χ2v) is 17.9. The number of hydrogen-bond acceptors (Lipinski definition) is 8. The standard InChI is InChI=1S/C35H46FN3O10P2/c1-6-7-14-49-28-11-10-23(50(44)20-51(45,46)47)15-26(28)35(3,4)17-29(40)38-13-12-37(18-21(38)2)31-27(36)16-24-30(33(31)48-5)39(22-8-9-22)19-25(32(24)41)34(42)43/h11,15-16,19,21-22H,6-10,12-14,17-18,20H2,1-5H3,(H,42,43)(H2,45,46,47). The molecule has 1 amide bonds. The fourth-order valence-corrected chi connectivity index (χ4v) is 9.49. The lowest BCUT2D eigenvalue weighted by Gasteiger charge is -2.43. The van der Waals surface area contributed by atoms with Gasteiger partial charge in [-0.05, 0) is 44.4 Å². The van der Waals surface area contributed by atoms with Crippen LogP contribution in [0.2, 0.25) is 0 Å². The van der Waals surface area contributed by atoms with Crippen LogP contribution in [0.1, 0.15) is 82.6 Å². The van der Waals surface area contributed by atoms with E-state index in [1.54, 1.807) is 26.5 Å². The van der Waals surface area contributed by atoms with Crippen LogP contribution in [-0.2, 0) is 14.1 Å². The quantitative estimate of drug-likeness (QED) is 0.190. The number of benzene rings is 1. The zero-order valence-electron chi connectivity index (χ0n) is 29.6. The summed E-state index contributed by atoms with van der Waals surface area (Å²) in [6, 6.07) is 0.677. The Morgan fingerprint density at radius 3 is 2.51 bits per heavy atom. The maximum atomic E-state index is 16.0. The number of piperazine rings is 1. The Morgan fingerprint density at radius 1 is 1.22 bits per heavy atom. The molecular weight excluding hydrogens is 703 g/mol. The molecule has 0 spiro atoms. The van der Waals surface area contributed by atoms with E-state index in [9.17, 15) is 38.7 Å². The number of ether oxygens (including phenoxy) is 2. The molecule has 16 heteroatoms. The van der Waals surface area contributed by atoms with Crippen molar-refractivity contribution in [2.75, 3.05) is 44.2 Å². The number of carbonyl (C=O) groups is 2. The van der Waals surface area contributed by atoms with Crippen LogP contribution < -0.4 is 20.0 Å². The van der Waals surface area contributed by atoms with Gasteiger partial charge >= 0.3 is 13.6 Å².